The number of hydrogen-bond acceptors (Lipinski definition) is 4. The third kappa shape index (κ3) is 5.72. The van der Waals surface area contributed by atoms with Crippen LogP contribution in [0.15, 0.2) is 48.5 Å². The first-order valence-electron chi connectivity index (χ1n) is 11.9. The Morgan fingerprint density at radius 1 is 1.14 bits per heavy atom. The zero-order chi connectivity index (χ0) is 26.3. The monoisotopic (exact) mass is 552 g/mol. The number of likely N-dealkylation sites (tertiary alicyclic amines) is 1. The van der Waals surface area contributed by atoms with Crippen LogP contribution >= 0.6 is 23.2 Å². The Morgan fingerprint density at radius 3 is 2.36 bits per heavy atom. The van der Waals surface area contributed by atoms with Gasteiger partial charge in [0, 0.05) is 16.0 Å². The maximum Gasteiger partial charge on any atom is 0.304 e. The minimum atomic E-state index is -3.66. The number of nitrogens with zero attached hydrogens (tertiary/aromatic N) is 1. The first-order valence-corrected chi connectivity index (χ1v) is 14.3. The van der Waals surface area contributed by atoms with Gasteiger partial charge < -0.3 is 10.0 Å². The van der Waals surface area contributed by atoms with Gasteiger partial charge >= 0.3 is 5.97 Å². The molecule has 0 spiro atoms. The second-order valence-corrected chi connectivity index (χ2v) is 12.9. The normalized spacial score (nSPS) is 25.6. The van der Waals surface area contributed by atoms with Crippen molar-refractivity contribution < 1.29 is 23.1 Å². The molecule has 2 N–H and O–H groups in total. The van der Waals surface area contributed by atoms with Crippen molar-refractivity contribution >= 4 is 45.1 Å². The third-order valence-corrected chi connectivity index (χ3v) is 9.25. The summed E-state index contributed by atoms with van der Waals surface area (Å²) in [6.07, 6.45) is 1.53. The van der Waals surface area contributed by atoms with Gasteiger partial charge in [-0.2, -0.15) is 0 Å². The average Bonchev–Trinajstić information content (AvgIpc) is 3.65. The van der Waals surface area contributed by atoms with Crippen molar-refractivity contribution in [3.63, 3.8) is 0 Å². The molecule has 1 aliphatic heterocycles. The van der Waals surface area contributed by atoms with Crippen LogP contribution in [0.25, 0.3) is 0 Å². The summed E-state index contributed by atoms with van der Waals surface area (Å²) in [5.41, 5.74) is 0.448. The number of amides is 1. The molecule has 4 rings (SSSR count). The Kier molecular flexibility index (Phi) is 7.72. The quantitative estimate of drug-likeness (QED) is 0.462. The van der Waals surface area contributed by atoms with E-state index in [1.54, 1.807) is 30.0 Å². The summed E-state index contributed by atoms with van der Waals surface area (Å²) >= 11 is 12.5. The molecule has 1 amide bonds. The number of carbonyl (C=O) groups is 2. The van der Waals surface area contributed by atoms with Gasteiger partial charge in [0.15, 0.2) is 0 Å². The second kappa shape index (κ2) is 10.3. The Bertz CT molecular complexity index is 1250. The molecular weight excluding hydrogens is 523 g/mol. The summed E-state index contributed by atoms with van der Waals surface area (Å²) < 4.78 is 27.9. The van der Waals surface area contributed by atoms with E-state index in [2.05, 4.69) is 4.72 Å². The Balaban J connectivity index is 1.93. The number of carboxylic acid groups (broad SMARTS) is 1. The van der Waals surface area contributed by atoms with Crippen LogP contribution in [0.4, 0.5) is 0 Å². The molecule has 36 heavy (non-hydrogen) atoms. The highest BCUT2D eigenvalue weighted by molar-refractivity contribution is 7.89. The molecule has 1 saturated heterocycles. The molecule has 194 valence electrons. The molecule has 2 fully saturated rings. The standard InChI is InChI=1S/C26H30Cl2N2O5S/c1-26(14-23(31)32)13-21(18-4-3-5-20(28)12-18)24(17-8-10-19(27)11-9-17)30(25(26)33)22(16-6-7-16)15-36(34,35)29-2/h3-5,8-12,16,21-22,24,29H,6-7,13-15H2,1-2H3,(H,31,32). The molecule has 2 aromatic rings. The fourth-order valence-electron chi connectivity index (χ4n) is 5.48. The summed E-state index contributed by atoms with van der Waals surface area (Å²) in [7, 11) is -2.30. The van der Waals surface area contributed by atoms with Crippen LogP contribution in [0, 0.1) is 11.3 Å². The van der Waals surface area contributed by atoms with Crippen molar-refractivity contribution in [1.82, 2.24) is 9.62 Å². The molecule has 4 atom stereocenters. The van der Waals surface area contributed by atoms with Crippen LogP contribution < -0.4 is 4.72 Å². The zero-order valence-electron chi connectivity index (χ0n) is 20.2. The van der Waals surface area contributed by atoms with Crippen LogP contribution in [-0.2, 0) is 19.6 Å². The van der Waals surface area contributed by atoms with Crippen molar-refractivity contribution in [3.8, 4) is 0 Å². The van der Waals surface area contributed by atoms with Gasteiger partial charge in [-0.1, -0.05) is 54.4 Å². The van der Waals surface area contributed by atoms with E-state index in [4.69, 9.17) is 23.2 Å². The van der Waals surface area contributed by atoms with E-state index in [0.29, 0.717) is 10.0 Å². The first kappa shape index (κ1) is 26.9. The molecule has 0 bridgehead atoms. The van der Waals surface area contributed by atoms with E-state index >= 15 is 0 Å². The van der Waals surface area contributed by atoms with E-state index in [-0.39, 0.29) is 36.3 Å². The molecule has 0 aromatic heterocycles. The van der Waals surface area contributed by atoms with Crippen molar-refractivity contribution in [2.24, 2.45) is 11.3 Å². The number of piperidine rings is 1. The molecule has 0 radical (unpaired) electrons. The minimum absolute atomic E-state index is 0.0130. The number of carboxylic acids is 1. The van der Waals surface area contributed by atoms with Gasteiger partial charge in [-0.25, -0.2) is 13.1 Å². The number of sulfonamides is 1. The minimum Gasteiger partial charge on any atom is -0.481 e. The van der Waals surface area contributed by atoms with E-state index in [9.17, 15) is 23.1 Å². The summed E-state index contributed by atoms with van der Waals surface area (Å²) in [5, 5.41) is 10.8. The van der Waals surface area contributed by atoms with Crippen molar-refractivity contribution in [3.05, 3.63) is 69.7 Å². The average molecular weight is 554 g/mol. The summed E-state index contributed by atoms with van der Waals surface area (Å²) in [5.74, 6) is -1.97. The lowest BCUT2D eigenvalue weighted by atomic mass is 9.67. The first-order chi connectivity index (χ1) is 16.9. The van der Waals surface area contributed by atoms with Gasteiger partial charge in [0.2, 0.25) is 15.9 Å². The Hall–Kier alpha value is -2.13. The van der Waals surface area contributed by atoms with Gasteiger partial charge in [0.05, 0.1) is 29.7 Å². The van der Waals surface area contributed by atoms with E-state index in [1.807, 2.05) is 30.3 Å². The summed E-state index contributed by atoms with van der Waals surface area (Å²) in [6.45, 7) is 1.67. The number of nitrogens with one attached hydrogen (secondary N) is 1. The molecule has 2 aliphatic rings. The van der Waals surface area contributed by atoms with Gasteiger partial charge in [-0.05, 0) is 67.6 Å². The van der Waals surface area contributed by atoms with Crippen molar-refractivity contribution in [2.45, 2.75) is 50.6 Å². The second-order valence-electron chi connectivity index (χ2n) is 10.1. The summed E-state index contributed by atoms with van der Waals surface area (Å²) in [4.78, 5) is 27.8. The molecule has 4 unspecified atom stereocenters. The maximum absolute atomic E-state index is 14.2. The lowest BCUT2D eigenvalue weighted by molar-refractivity contribution is -0.160. The van der Waals surface area contributed by atoms with Crippen molar-refractivity contribution in [2.75, 3.05) is 12.8 Å². The predicted octanol–water partition coefficient (Wildman–Crippen LogP) is 4.86. The molecule has 10 heteroatoms. The van der Waals surface area contributed by atoms with E-state index in [1.165, 1.54) is 7.05 Å². The van der Waals surface area contributed by atoms with E-state index in [0.717, 1.165) is 24.0 Å². The number of carbonyl (C=O) groups excluding carboxylic acids is 1. The number of hydrogen-bond donors (Lipinski definition) is 2. The SMILES string of the molecule is CNS(=O)(=O)CC(C1CC1)N1C(=O)C(C)(CC(=O)O)CC(c2cccc(Cl)c2)C1c1ccc(Cl)cc1. The van der Waals surface area contributed by atoms with Crippen LogP contribution in [0.5, 0.6) is 0 Å². The lowest BCUT2D eigenvalue weighted by Gasteiger charge is -2.52. The van der Waals surface area contributed by atoms with Gasteiger partial charge in [0.1, 0.15) is 0 Å². The Labute approximate surface area is 221 Å². The number of rotatable bonds is 9. The van der Waals surface area contributed by atoms with E-state index < -0.39 is 33.5 Å². The van der Waals surface area contributed by atoms with Crippen LogP contribution in [0.3, 0.4) is 0 Å². The number of benzene rings is 2. The number of halogens is 2. The third-order valence-electron chi connectivity index (χ3n) is 7.36. The van der Waals surface area contributed by atoms with Crippen LogP contribution in [-0.4, -0.2) is 49.1 Å². The van der Waals surface area contributed by atoms with Gasteiger partial charge in [-0.15, -0.1) is 0 Å². The number of aliphatic carboxylic acids is 1. The molecule has 2 aromatic carbocycles. The lowest BCUT2D eigenvalue weighted by Crippen LogP contribution is -2.58. The molecule has 7 nitrogen and oxygen atoms in total. The fraction of sp³-hybridized carbons (Fsp3) is 0.462. The maximum atomic E-state index is 14.2. The fourth-order valence-corrected chi connectivity index (χ4v) is 6.85. The molecule has 1 heterocycles. The molecule has 1 saturated carbocycles. The highest BCUT2D eigenvalue weighted by Gasteiger charge is 2.55. The highest BCUT2D eigenvalue weighted by Crippen LogP contribution is 2.54. The predicted molar refractivity (Wildman–Crippen MR) is 140 cm³/mol. The van der Waals surface area contributed by atoms with Gasteiger partial charge in [-0.3, -0.25) is 9.59 Å². The zero-order valence-corrected chi connectivity index (χ0v) is 22.5. The largest absolute Gasteiger partial charge is 0.481 e. The molecular formula is C26H30Cl2N2O5S. The highest BCUT2D eigenvalue weighted by atomic mass is 35.5. The topological polar surface area (TPSA) is 104 Å². The smallest absolute Gasteiger partial charge is 0.304 e. The van der Waals surface area contributed by atoms with Crippen LogP contribution in [0.2, 0.25) is 10.0 Å². The summed E-state index contributed by atoms with van der Waals surface area (Å²) in [6, 6.07) is 13.4. The molecule has 1 aliphatic carbocycles. The van der Waals surface area contributed by atoms with Gasteiger partial charge in [0.25, 0.3) is 0 Å². The Morgan fingerprint density at radius 2 is 1.81 bits per heavy atom. The van der Waals surface area contributed by atoms with Crippen molar-refractivity contribution in [1.29, 1.82) is 0 Å². The van der Waals surface area contributed by atoms with Crippen LogP contribution in [0.1, 0.15) is 55.7 Å².